The van der Waals surface area contributed by atoms with Crippen molar-refractivity contribution >= 4 is 5.91 Å². The molecule has 1 aromatic heterocycles. The molecule has 1 fully saturated rings. The minimum absolute atomic E-state index is 0.0322. The van der Waals surface area contributed by atoms with Gasteiger partial charge in [0.25, 0.3) is 5.91 Å². The van der Waals surface area contributed by atoms with Crippen LogP contribution in [0.1, 0.15) is 28.8 Å². The molecule has 0 spiro atoms. The molecule has 1 aliphatic rings. The highest BCUT2D eigenvalue weighted by Gasteiger charge is 2.28. The summed E-state index contributed by atoms with van der Waals surface area (Å²) in [5.41, 5.74) is 7.40. The highest BCUT2D eigenvalue weighted by molar-refractivity contribution is 5.95. The molecule has 0 aliphatic carbocycles. The molecule has 1 unspecified atom stereocenters. The maximum absolute atomic E-state index is 12.6. The number of likely N-dealkylation sites (tertiary alicyclic amines) is 1. The van der Waals surface area contributed by atoms with Crippen LogP contribution in [0.25, 0.3) is 0 Å². The van der Waals surface area contributed by atoms with Crippen LogP contribution in [0.5, 0.6) is 5.75 Å². The van der Waals surface area contributed by atoms with Crippen molar-refractivity contribution in [3.05, 3.63) is 59.9 Å². The Morgan fingerprint density at radius 2 is 2.26 bits per heavy atom. The predicted molar refractivity (Wildman–Crippen MR) is 88.1 cm³/mol. The number of benzene rings is 1. The SMILES string of the molecule is NCC1CCCN1C(=O)c1cccc(OCc2cccnc2)c1. The van der Waals surface area contributed by atoms with Gasteiger partial charge in [0, 0.05) is 42.7 Å². The van der Waals surface area contributed by atoms with Gasteiger partial charge in [-0.3, -0.25) is 9.78 Å². The summed E-state index contributed by atoms with van der Waals surface area (Å²) >= 11 is 0. The van der Waals surface area contributed by atoms with E-state index in [2.05, 4.69) is 4.98 Å². The maximum atomic E-state index is 12.6. The largest absolute Gasteiger partial charge is 0.489 e. The van der Waals surface area contributed by atoms with Crippen molar-refractivity contribution in [2.24, 2.45) is 5.73 Å². The molecule has 120 valence electrons. The first-order valence-corrected chi connectivity index (χ1v) is 7.91. The number of rotatable bonds is 5. The van der Waals surface area contributed by atoms with Gasteiger partial charge in [0.05, 0.1) is 0 Å². The van der Waals surface area contributed by atoms with E-state index < -0.39 is 0 Å². The van der Waals surface area contributed by atoms with Crippen LogP contribution in [-0.4, -0.2) is 34.9 Å². The fourth-order valence-electron chi connectivity index (χ4n) is 2.88. The van der Waals surface area contributed by atoms with Crippen molar-refractivity contribution < 1.29 is 9.53 Å². The molecule has 0 bridgehead atoms. The smallest absolute Gasteiger partial charge is 0.254 e. The van der Waals surface area contributed by atoms with Gasteiger partial charge in [-0.05, 0) is 37.1 Å². The molecular formula is C18H21N3O2. The monoisotopic (exact) mass is 311 g/mol. The van der Waals surface area contributed by atoms with Crippen molar-refractivity contribution in [3.63, 3.8) is 0 Å². The molecule has 1 atom stereocenters. The predicted octanol–water partition coefficient (Wildman–Crippen LogP) is 2.22. The lowest BCUT2D eigenvalue weighted by Gasteiger charge is -2.23. The van der Waals surface area contributed by atoms with Gasteiger partial charge in [0.15, 0.2) is 0 Å². The number of hydrogen-bond donors (Lipinski definition) is 1. The zero-order valence-electron chi connectivity index (χ0n) is 13.0. The summed E-state index contributed by atoms with van der Waals surface area (Å²) in [6.07, 6.45) is 5.50. The van der Waals surface area contributed by atoms with E-state index in [1.807, 2.05) is 35.2 Å². The quantitative estimate of drug-likeness (QED) is 0.919. The summed E-state index contributed by atoms with van der Waals surface area (Å²) in [7, 11) is 0. The van der Waals surface area contributed by atoms with Crippen LogP contribution in [0, 0.1) is 0 Å². The molecule has 0 saturated carbocycles. The fourth-order valence-corrected chi connectivity index (χ4v) is 2.88. The molecular weight excluding hydrogens is 290 g/mol. The summed E-state index contributed by atoms with van der Waals surface area (Å²) in [5, 5.41) is 0. The average Bonchev–Trinajstić information content (AvgIpc) is 3.09. The number of amides is 1. The average molecular weight is 311 g/mol. The first kappa shape index (κ1) is 15.5. The molecule has 1 aromatic carbocycles. The first-order chi connectivity index (χ1) is 11.3. The van der Waals surface area contributed by atoms with Gasteiger partial charge in [-0.25, -0.2) is 0 Å². The molecule has 2 aromatic rings. The topological polar surface area (TPSA) is 68.5 Å². The zero-order chi connectivity index (χ0) is 16.1. The summed E-state index contributed by atoms with van der Waals surface area (Å²) in [6, 6.07) is 11.3. The molecule has 2 heterocycles. The molecule has 5 nitrogen and oxygen atoms in total. The van der Waals surface area contributed by atoms with Crippen LogP contribution in [0.3, 0.4) is 0 Å². The molecule has 2 N–H and O–H groups in total. The fraction of sp³-hybridized carbons (Fsp3) is 0.333. The van der Waals surface area contributed by atoms with Crippen molar-refractivity contribution in [2.45, 2.75) is 25.5 Å². The third kappa shape index (κ3) is 3.68. The van der Waals surface area contributed by atoms with E-state index in [0.29, 0.717) is 24.5 Å². The normalized spacial score (nSPS) is 17.3. The number of carbonyl (C=O) groups excluding carboxylic acids is 1. The Labute approximate surface area is 136 Å². The van der Waals surface area contributed by atoms with Gasteiger partial charge in [-0.15, -0.1) is 0 Å². The molecule has 1 aliphatic heterocycles. The lowest BCUT2D eigenvalue weighted by atomic mass is 10.1. The highest BCUT2D eigenvalue weighted by atomic mass is 16.5. The Kier molecular flexibility index (Phi) is 4.88. The van der Waals surface area contributed by atoms with Gasteiger partial charge in [0.2, 0.25) is 0 Å². The van der Waals surface area contributed by atoms with Gasteiger partial charge in [0.1, 0.15) is 12.4 Å². The van der Waals surface area contributed by atoms with E-state index in [4.69, 9.17) is 10.5 Å². The Hall–Kier alpha value is -2.40. The molecule has 5 heteroatoms. The number of nitrogens with two attached hydrogens (primary N) is 1. The summed E-state index contributed by atoms with van der Waals surface area (Å²) in [6.45, 7) is 1.73. The lowest BCUT2D eigenvalue weighted by molar-refractivity contribution is 0.0740. The molecule has 3 rings (SSSR count). The second kappa shape index (κ2) is 7.24. The summed E-state index contributed by atoms with van der Waals surface area (Å²) < 4.78 is 5.76. The van der Waals surface area contributed by atoms with Crippen LogP contribution in [0.4, 0.5) is 0 Å². The molecule has 0 radical (unpaired) electrons. The second-order valence-corrected chi connectivity index (χ2v) is 5.71. The number of carbonyl (C=O) groups is 1. The number of hydrogen-bond acceptors (Lipinski definition) is 4. The van der Waals surface area contributed by atoms with E-state index in [9.17, 15) is 4.79 Å². The third-order valence-corrected chi connectivity index (χ3v) is 4.12. The minimum Gasteiger partial charge on any atom is -0.489 e. The van der Waals surface area contributed by atoms with E-state index in [1.54, 1.807) is 18.5 Å². The Morgan fingerprint density at radius 1 is 1.35 bits per heavy atom. The summed E-state index contributed by atoms with van der Waals surface area (Å²) in [5.74, 6) is 0.716. The van der Waals surface area contributed by atoms with Gasteiger partial charge in [-0.2, -0.15) is 0 Å². The van der Waals surface area contributed by atoms with Crippen LogP contribution >= 0.6 is 0 Å². The van der Waals surface area contributed by atoms with Gasteiger partial charge in [-0.1, -0.05) is 12.1 Å². The highest BCUT2D eigenvalue weighted by Crippen LogP contribution is 2.22. The minimum atomic E-state index is 0.0322. The first-order valence-electron chi connectivity index (χ1n) is 7.91. The second-order valence-electron chi connectivity index (χ2n) is 5.71. The van der Waals surface area contributed by atoms with Crippen molar-refractivity contribution in [1.29, 1.82) is 0 Å². The number of nitrogens with zero attached hydrogens (tertiary/aromatic N) is 2. The van der Waals surface area contributed by atoms with Gasteiger partial charge < -0.3 is 15.4 Å². The van der Waals surface area contributed by atoms with E-state index in [-0.39, 0.29) is 11.9 Å². The van der Waals surface area contributed by atoms with E-state index in [1.165, 1.54) is 0 Å². The Balaban J connectivity index is 1.68. The van der Waals surface area contributed by atoms with Crippen LogP contribution < -0.4 is 10.5 Å². The summed E-state index contributed by atoms with van der Waals surface area (Å²) in [4.78, 5) is 18.6. The zero-order valence-corrected chi connectivity index (χ0v) is 13.0. The molecule has 1 amide bonds. The number of aromatic nitrogens is 1. The lowest BCUT2D eigenvalue weighted by Crippen LogP contribution is -2.39. The number of ether oxygens (including phenoxy) is 1. The third-order valence-electron chi connectivity index (χ3n) is 4.12. The van der Waals surface area contributed by atoms with Crippen molar-refractivity contribution in [1.82, 2.24) is 9.88 Å². The van der Waals surface area contributed by atoms with Crippen LogP contribution in [0.2, 0.25) is 0 Å². The van der Waals surface area contributed by atoms with Crippen LogP contribution in [-0.2, 0) is 6.61 Å². The maximum Gasteiger partial charge on any atom is 0.254 e. The molecule has 23 heavy (non-hydrogen) atoms. The van der Waals surface area contributed by atoms with Crippen LogP contribution in [0.15, 0.2) is 48.8 Å². The number of pyridine rings is 1. The van der Waals surface area contributed by atoms with E-state index in [0.717, 1.165) is 24.9 Å². The van der Waals surface area contributed by atoms with E-state index >= 15 is 0 Å². The Morgan fingerprint density at radius 3 is 3.04 bits per heavy atom. The Bertz CT molecular complexity index is 660. The standard InChI is InChI=1S/C18H21N3O2/c19-11-16-6-3-9-21(16)18(22)15-5-1-7-17(10-15)23-13-14-4-2-8-20-12-14/h1-2,4-5,7-8,10,12,16H,3,6,9,11,13,19H2. The van der Waals surface area contributed by atoms with Gasteiger partial charge >= 0.3 is 0 Å². The molecule has 1 saturated heterocycles. The van der Waals surface area contributed by atoms with Crippen molar-refractivity contribution in [2.75, 3.05) is 13.1 Å². The van der Waals surface area contributed by atoms with Crippen molar-refractivity contribution in [3.8, 4) is 5.75 Å².